The van der Waals surface area contributed by atoms with Crippen molar-refractivity contribution in [3.05, 3.63) is 125 Å². The average Bonchev–Trinajstić information content (AvgIpc) is 2.90. The largest absolute Gasteiger partial charge is 0.321 e. The number of carbonyl (C=O) groups excluding carboxylic acids is 2. The van der Waals surface area contributed by atoms with Crippen LogP contribution in [0, 0.1) is 0 Å². The van der Waals surface area contributed by atoms with E-state index in [1.54, 1.807) is 66.7 Å². The summed E-state index contributed by atoms with van der Waals surface area (Å²) in [4.78, 5) is 26.1. The van der Waals surface area contributed by atoms with Gasteiger partial charge in [-0.05, 0) is 54.6 Å². The van der Waals surface area contributed by atoms with Crippen LogP contribution >= 0.6 is 11.6 Å². The monoisotopic (exact) mass is 504 g/mol. The number of ketones is 1. The van der Waals surface area contributed by atoms with E-state index >= 15 is 0 Å². The van der Waals surface area contributed by atoms with Crippen molar-refractivity contribution in [3.63, 3.8) is 0 Å². The fourth-order valence-corrected chi connectivity index (χ4v) is 4.85. The van der Waals surface area contributed by atoms with Crippen molar-refractivity contribution in [2.75, 3.05) is 16.7 Å². The first-order valence-corrected chi connectivity index (χ1v) is 12.4. The number of halogens is 1. The third-order valence-electron chi connectivity index (χ3n) is 5.41. The molecular weight excluding hydrogens is 484 g/mol. The number of rotatable bonds is 7. The van der Waals surface area contributed by atoms with Gasteiger partial charge in [0.05, 0.1) is 16.3 Å². The van der Waals surface area contributed by atoms with Gasteiger partial charge in [0.25, 0.3) is 15.9 Å². The van der Waals surface area contributed by atoms with Crippen molar-refractivity contribution < 1.29 is 18.0 Å². The van der Waals surface area contributed by atoms with E-state index < -0.39 is 15.9 Å². The zero-order valence-corrected chi connectivity index (χ0v) is 20.3. The van der Waals surface area contributed by atoms with Gasteiger partial charge < -0.3 is 5.32 Å². The summed E-state index contributed by atoms with van der Waals surface area (Å²) in [6.45, 7) is 0. The Morgan fingerprint density at radius 2 is 1.37 bits per heavy atom. The molecule has 0 unspecified atom stereocenters. The topological polar surface area (TPSA) is 83.6 Å². The lowest BCUT2D eigenvalue weighted by Crippen LogP contribution is -2.26. The van der Waals surface area contributed by atoms with Gasteiger partial charge in [0, 0.05) is 28.8 Å². The average molecular weight is 505 g/mol. The van der Waals surface area contributed by atoms with Crippen molar-refractivity contribution in [1.82, 2.24) is 0 Å². The summed E-state index contributed by atoms with van der Waals surface area (Å²) >= 11 is 6.11. The van der Waals surface area contributed by atoms with Crippen LogP contribution in [0.3, 0.4) is 0 Å². The summed E-state index contributed by atoms with van der Waals surface area (Å²) in [7, 11) is -2.29. The summed E-state index contributed by atoms with van der Waals surface area (Å²) in [5.41, 5.74) is 1.75. The van der Waals surface area contributed by atoms with Crippen molar-refractivity contribution in [2.45, 2.75) is 4.90 Å². The minimum Gasteiger partial charge on any atom is -0.321 e. The Labute approximate surface area is 208 Å². The minimum absolute atomic E-state index is 0.169. The van der Waals surface area contributed by atoms with E-state index in [0.717, 1.165) is 4.31 Å². The normalized spacial score (nSPS) is 11.0. The molecule has 0 aliphatic heterocycles. The molecule has 1 amide bonds. The van der Waals surface area contributed by atoms with Gasteiger partial charge in [-0.15, -0.1) is 0 Å². The van der Waals surface area contributed by atoms with Gasteiger partial charge in [0.15, 0.2) is 5.78 Å². The van der Waals surface area contributed by atoms with Crippen LogP contribution in [0.2, 0.25) is 5.02 Å². The maximum absolute atomic E-state index is 13.0. The summed E-state index contributed by atoms with van der Waals surface area (Å²) in [6.07, 6.45) is 0. The Kier molecular flexibility index (Phi) is 7.00. The Morgan fingerprint density at radius 1 is 0.771 bits per heavy atom. The molecule has 0 fully saturated rings. The second kappa shape index (κ2) is 10.1. The highest BCUT2D eigenvalue weighted by atomic mass is 35.5. The third-order valence-corrected chi connectivity index (χ3v) is 7.44. The summed E-state index contributed by atoms with van der Waals surface area (Å²) in [5, 5.41) is 3.13. The van der Waals surface area contributed by atoms with Gasteiger partial charge in [0.2, 0.25) is 0 Å². The Hall–Kier alpha value is -3.94. The number of anilines is 2. The molecule has 4 aromatic rings. The van der Waals surface area contributed by atoms with Gasteiger partial charge in [0.1, 0.15) is 0 Å². The molecule has 0 saturated carbocycles. The van der Waals surface area contributed by atoms with Crippen molar-refractivity contribution in [1.29, 1.82) is 0 Å². The highest BCUT2D eigenvalue weighted by Gasteiger charge is 2.21. The predicted octanol–water partition coefficient (Wildman–Crippen LogP) is 5.65. The van der Waals surface area contributed by atoms with E-state index in [1.165, 1.54) is 37.4 Å². The maximum atomic E-state index is 13.0. The van der Waals surface area contributed by atoms with E-state index in [2.05, 4.69) is 5.32 Å². The second-order valence-corrected chi connectivity index (χ2v) is 10.1. The predicted molar refractivity (Wildman–Crippen MR) is 138 cm³/mol. The first-order chi connectivity index (χ1) is 16.8. The molecule has 0 spiro atoms. The van der Waals surface area contributed by atoms with Gasteiger partial charge in [-0.2, -0.15) is 0 Å². The fourth-order valence-electron chi connectivity index (χ4n) is 3.46. The molecule has 0 aliphatic carbocycles. The van der Waals surface area contributed by atoms with Gasteiger partial charge in [-0.1, -0.05) is 60.1 Å². The SMILES string of the molecule is CN(c1ccc(C(=O)Nc2ccc(Cl)cc2C(=O)c2ccccc2)cc1)S(=O)(=O)c1ccccc1. The van der Waals surface area contributed by atoms with Crippen LogP contribution < -0.4 is 9.62 Å². The molecule has 0 atom stereocenters. The van der Waals surface area contributed by atoms with Crippen LogP contribution in [-0.4, -0.2) is 27.2 Å². The van der Waals surface area contributed by atoms with E-state index in [-0.39, 0.29) is 16.2 Å². The quantitative estimate of drug-likeness (QED) is 0.330. The number of hydrogen-bond donors (Lipinski definition) is 1. The molecule has 8 heteroatoms. The van der Waals surface area contributed by atoms with E-state index in [4.69, 9.17) is 11.6 Å². The molecule has 0 aliphatic rings. The first kappa shape index (κ1) is 24.2. The lowest BCUT2D eigenvalue weighted by molar-refractivity contribution is 0.102. The second-order valence-electron chi connectivity index (χ2n) is 7.67. The molecule has 4 rings (SSSR count). The van der Waals surface area contributed by atoms with Gasteiger partial charge in [-0.3, -0.25) is 13.9 Å². The molecule has 35 heavy (non-hydrogen) atoms. The zero-order chi connectivity index (χ0) is 25.0. The first-order valence-electron chi connectivity index (χ1n) is 10.6. The number of nitrogens with zero attached hydrogens (tertiary/aromatic N) is 1. The van der Waals surface area contributed by atoms with Crippen LogP contribution in [0.5, 0.6) is 0 Å². The summed E-state index contributed by atoms with van der Waals surface area (Å²) < 4.78 is 26.8. The lowest BCUT2D eigenvalue weighted by Gasteiger charge is -2.19. The number of sulfonamides is 1. The van der Waals surface area contributed by atoms with Crippen molar-refractivity contribution in [3.8, 4) is 0 Å². The molecule has 0 saturated heterocycles. The van der Waals surface area contributed by atoms with Crippen molar-refractivity contribution >= 4 is 44.7 Å². The minimum atomic E-state index is -3.74. The third kappa shape index (κ3) is 5.26. The van der Waals surface area contributed by atoms with Crippen LogP contribution in [-0.2, 0) is 10.0 Å². The molecule has 0 heterocycles. The molecule has 4 aromatic carbocycles. The molecule has 6 nitrogen and oxygen atoms in total. The number of hydrogen-bond acceptors (Lipinski definition) is 4. The molecule has 0 bridgehead atoms. The summed E-state index contributed by atoms with van der Waals surface area (Å²) in [6, 6.07) is 27.6. The van der Waals surface area contributed by atoms with Crippen LogP contribution in [0.25, 0.3) is 0 Å². The molecule has 0 aromatic heterocycles. The Bertz CT molecular complexity index is 1470. The van der Waals surface area contributed by atoms with Crippen LogP contribution in [0.1, 0.15) is 26.3 Å². The number of nitrogens with one attached hydrogen (secondary N) is 1. The molecular formula is C27H21ClN2O4S. The fraction of sp³-hybridized carbons (Fsp3) is 0.0370. The highest BCUT2D eigenvalue weighted by Crippen LogP contribution is 2.26. The van der Waals surface area contributed by atoms with Gasteiger partial charge in [-0.25, -0.2) is 8.42 Å². The number of benzene rings is 4. The van der Waals surface area contributed by atoms with E-state index in [0.29, 0.717) is 27.5 Å². The van der Waals surface area contributed by atoms with Gasteiger partial charge >= 0.3 is 0 Å². The zero-order valence-electron chi connectivity index (χ0n) is 18.7. The maximum Gasteiger partial charge on any atom is 0.264 e. The lowest BCUT2D eigenvalue weighted by atomic mass is 10.0. The number of carbonyl (C=O) groups is 2. The number of amides is 1. The molecule has 176 valence electrons. The Morgan fingerprint density at radius 3 is 2.00 bits per heavy atom. The van der Waals surface area contributed by atoms with E-state index in [9.17, 15) is 18.0 Å². The molecule has 0 radical (unpaired) electrons. The van der Waals surface area contributed by atoms with Crippen LogP contribution in [0.4, 0.5) is 11.4 Å². The molecule has 1 N–H and O–H groups in total. The summed E-state index contributed by atoms with van der Waals surface area (Å²) in [5.74, 6) is -0.721. The standard InChI is InChI=1S/C27H21ClN2O4S/c1-30(35(33,34)23-10-6-3-7-11-23)22-15-12-20(13-16-22)27(32)29-25-17-14-21(28)18-24(25)26(31)19-8-4-2-5-9-19/h2-18H,1H3,(H,29,32). The smallest absolute Gasteiger partial charge is 0.264 e. The highest BCUT2D eigenvalue weighted by molar-refractivity contribution is 7.92. The van der Waals surface area contributed by atoms with Crippen molar-refractivity contribution in [2.24, 2.45) is 0 Å². The van der Waals surface area contributed by atoms with Crippen LogP contribution in [0.15, 0.2) is 108 Å². The Balaban J connectivity index is 1.55. The van der Waals surface area contributed by atoms with E-state index in [1.807, 2.05) is 6.07 Å².